The number of rotatable bonds is 4. The maximum atomic E-state index is 5.55. The van der Waals surface area contributed by atoms with Gasteiger partial charge >= 0.3 is 0 Å². The highest BCUT2D eigenvalue weighted by molar-refractivity contribution is 5.79. The molecule has 82 valence electrons. The third kappa shape index (κ3) is 6.02. The van der Waals surface area contributed by atoms with Crippen LogP contribution in [0.5, 0.6) is 0 Å². The lowest BCUT2D eigenvalue weighted by atomic mass is 10.2. The summed E-state index contributed by atoms with van der Waals surface area (Å²) >= 11 is 0. The maximum absolute atomic E-state index is 5.55. The highest BCUT2D eigenvalue weighted by atomic mass is 16.5. The Kier molecular flexibility index (Phi) is 4.50. The lowest BCUT2D eigenvalue weighted by molar-refractivity contribution is 0.00217. The van der Waals surface area contributed by atoms with Crippen LogP contribution in [-0.4, -0.2) is 25.0 Å². The molecule has 0 aliphatic carbocycles. The van der Waals surface area contributed by atoms with Crippen LogP contribution >= 0.6 is 0 Å². The number of hydrogen-bond acceptors (Lipinski definition) is 2. The Labute approximate surface area is 92.0 Å². The summed E-state index contributed by atoms with van der Waals surface area (Å²) in [7, 11) is 0. The van der Waals surface area contributed by atoms with E-state index in [1.54, 1.807) is 0 Å². The van der Waals surface area contributed by atoms with Gasteiger partial charge in [0.25, 0.3) is 0 Å². The van der Waals surface area contributed by atoms with E-state index in [9.17, 15) is 0 Å². The molecule has 0 spiro atoms. The Morgan fingerprint density at radius 2 is 1.87 bits per heavy atom. The Balaban J connectivity index is 2.24. The van der Waals surface area contributed by atoms with Gasteiger partial charge in [-0.1, -0.05) is 30.3 Å². The summed E-state index contributed by atoms with van der Waals surface area (Å²) in [6.45, 7) is 7.54. The normalized spacial score (nSPS) is 12.2. The zero-order chi connectivity index (χ0) is 11.1. The first-order chi connectivity index (χ1) is 7.08. The monoisotopic (exact) mass is 205 g/mol. The van der Waals surface area contributed by atoms with Crippen molar-refractivity contribution in [1.82, 2.24) is 0 Å². The molecule has 0 N–H and O–H groups in total. The Morgan fingerprint density at radius 3 is 2.47 bits per heavy atom. The van der Waals surface area contributed by atoms with E-state index in [2.05, 4.69) is 4.99 Å². The van der Waals surface area contributed by atoms with Crippen molar-refractivity contribution in [3.63, 3.8) is 0 Å². The van der Waals surface area contributed by atoms with Crippen molar-refractivity contribution < 1.29 is 4.74 Å². The van der Waals surface area contributed by atoms with Gasteiger partial charge in [-0.05, 0) is 26.3 Å². The minimum atomic E-state index is -0.0672. The molecular weight excluding hydrogens is 186 g/mol. The lowest BCUT2D eigenvalue weighted by Crippen LogP contribution is -2.20. The highest BCUT2D eigenvalue weighted by Crippen LogP contribution is 2.05. The van der Waals surface area contributed by atoms with Crippen molar-refractivity contribution in [2.24, 2.45) is 4.99 Å². The molecule has 0 fully saturated rings. The number of benzene rings is 1. The summed E-state index contributed by atoms with van der Waals surface area (Å²) < 4.78 is 5.55. The SMILES string of the molecule is CC(C)(C)OCCN=Cc1ccccc1. The van der Waals surface area contributed by atoms with Crippen molar-refractivity contribution in [2.75, 3.05) is 13.2 Å². The summed E-state index contributed by atoms with van der Waals surface area (Å²) in [5.41, 5.74) is 1.07. The minimum absolute atomic E-state index is 0.0672. The molecule has 0 saturated heterocycles. The summed E-state index contributed by atoms with van der Waals surface area (Å²) in [5.74, 6) is 0. The second kappa shape index (κ2) is 5.66. The third-order valence-corrected chi connectivity index (χ3v) is 1.80. The molecule has 1 aromatic rings. The molecule has 0 atom stereocenters. The van der Waals surface area contributed by atoms with Gasteiger partial charge < -0.3 is 4.74 Å². The zero-order valence-electron chi connectivity index (χ0n) is 9.73. The van der Waals surface area contributed by atoms with Crippen LogP contribution in [0.15, 0.2) is 35.3 Å². The molecule has 2 nitrogen and oxygen atoms in total. The highest BCUT2D eigenvalue weighted by Gasteiger charge is 2.08. The molecule has 0 heterocycles. The molecule has 2 heteroatoms. The van der Waals surface area contributed by atoms with Gasteiger partial charge in [-0.3, -0.25) is 4.99 Å². The van der Waals surface area contributed by atoms with E-state index < -0.39 is 0 Å². The second-order valence-corrected chi connectivity index (χ2v) is 4.41. The molecule has 0 bridgehead atoms. The van der Waals surface area contributed by atoms with Gasteiger partial charge in [-0.25, -0.2) is 0 Å². The topological polar surface area (TPSA) is 21.6 Å². The smallest absolute Gasteiger partial charge is 0.0669 e. The average molecular weight is 205 g/mol. The third-order valence-electron chi connectivity index (χ3n) is 1.80. The standard InChI is InChI=1S/C13H19NO/c1-13(2,3)15-10-9-14-11-12-7-5-4-6-8-12/h4-8,11H,9-10H2,1-3H3. The predicted octanol–water partition coefficient (Wildman–Crippen LogP) is 2.92. The molecule has 1 aromatic carbocycles. The van der Waals surface area contributed by atoms with Crippen LogP contribution in [0.3, 0.4) is 0 Å². The molecular formula is C13H19NO. The Hall–Kier alpha value is -1.15. The van der Waals surface area contributed by atoms with Crippen molar-refractivity contribution in [3.8, 4) is 0 Å². The number of hydrogen-bond donors (Lipinski definition) is 0. The summed E-state index contributed by atoms with van der Waals surface area (Å²) in [4.78, 5) is 4.29. The lowest BCUT2D eigenvalue weighted by Gasteiger charge is -2.18. The number of nitrogens with zero attached hydrogens (tertiary/aromatic N) is 1. The molecule has 0 unspecified atom stereocenters. The van der Waals surface area contributed by atoms with Crippen molar-refractivity contribution in [1.29, 1.82) is 0 Å². The molecule has 0 aromatic heterocycles. The fraction of sp³-hybridized carbons (Fsp3) is 0.462. The minimum Gasteiger partial charge on any atom is -0.374 e. The van der Waals surface area contributed by atoms with Gasteiger partial charge in [0.15, 0.2) is 0 Å². The molecule has 0 aliphatic rings. The average Bonchev–Trinajstić information content (AvgIpc) is 2.17. The quantitative estimate of drug-likeness (QED) is 0.547. The van der Waals surface area contributed by atoms with Gasteiger partial charge in [0.2, 0.25) is 0 Å². The van der Waals surface area contributed by atoms with Crippen molar-refractivity contribution in [2.45, 2.75) is 26.4 Å². The zero-order valence-corrected chi connectivity index (χ0v) is 9.73. The molecule has 0 aliphatic heterocycles. The fourth-order valence-corrected chi connectivity index (χ4v) is 1.11. The van der Waals surface area contributed by atoms with Crippen molar-refractivity contribution in [3.05, 3.63) is 35.9 Å². The summed E-state index contributed by atoms with van der Waals surface area (Å²) in [6.07, 6.45) is 1.88. The van der Waals surface area contributed by atoms with E-state index in [1.165, 1.54) is 0 Å². The maximum Gasteiger partial charge on any atom is 0.0669 e. The number of aliphatic imine (C=N–C) groups is 1. The summed E-state index contributed by atoms with van der Waals surface area (Å²) in [5, 5.41) is 0. The van der Waals surface area contributed by atoms with Crippen LogP contribution in [0.2, 0.25) is 0 Å². The molecule has 0 amide bonds. The summed E-state index contributed by atoms with van der Waals surface area (Å²) in [6, 6.07) is 10.1. The molecule has 0 radical (unpaired) electrons. The van der Waals surface area contributed by atoms with Gasteiger partial charge in [0, 0.05) is 6.21 Å². The van der Waals surface area contributed by atoms with Gasteiger partial charge in [0.05, 0.1) is 18.8 Å². The number of ether oxygens (including phenoxy) is 1. The van der Waals surface area contributed by atoms with E-state index >= 15 is 0 Å². The van der Waals surface area contributed by atoms with Crippen LogP contribution in [0.1, 0.15) is 26.3 Å². The van der Waals surface area contributed by atoms with Crippen LogP contribution < -0.4 is 0 Å². The van der Waals surface area contributed by atoms with Crippen molar-refractivity contribution >= 4 is 6.21 Å². The van der Waals surface area contributed by atoms with Gasteiger partial charge in [-0.2, -0.15) is 0 Å². The Morgan fingerprint density at radius 1 is 1.20 bits per heavy atom. The first-order valence-electron chi connectivity index (χ1n) is 5.27. The van der Waals surface area contributed by atoms with Gasteiger partial charge in [-0.15, -0.1) is 0 Å². The van der Waals surface area contributed by atoms with Gasteiger partial charge in [0.1, 0.15) is 0 Å². The second-order valence-electron chi connectivity index (χ2n) is 4.41. The first-order valence-corrected chi connectivity index (χ1v) is 5.27. The first kappa shape index (κ1) is 11.9. The van der Waals surface area contributed by atoms with E-state index in [4.69, 9.17) is 4.74 Å². The van der Waals surface area contributed by atoms with E-state index in [1.807, 2.05) is 57.3 Å². The molecule has 1 rings (SSSR count). The largest absolute Gasteiger partial charge is 0.374 e. The van der Waals surface area contributed by atoms with Crippen LogP contribution in [0.25, 0.3) is 0 Å². The van der Waals surface area contributed by atoms with Crippen LogP contribution in [-0.2, 0) is 4.74 Å². The van der Waals surface area contributed by atoms with Crippen LogP contribution in [0.4, 0.5) is 0 Å². The Bertz CT molecular complexity index is 298. The molecule has 15 heavy (non-hydrogen) atoms. The van der Waals surface area contributed by atoms with E-state index in [-0.39, 0.29) is 5.60 Å². The van der Waals surface area contributed by atoms with E-state index in [0.29, 0.717) is 13.2 Å². The fourth-order valence-electron chi connectivity index (χ4n) is 1.11. The molecule has 0 saturated carbocycles. The van der Waals surface area contributed by atoms with Crippen LogP contribution in [0, 0.1) is 0 Å². The predicted molar refractivity (Wildman–Crippen MR) is 64.6 cm³/mol. The van der Waals surface area contributed by atoms with E-state index in [0.717, 1.165) is 5.56 Å².